The summed E-state index contributed by atoms with van der Waals surface area (Å²) >= 11 is 0. The highest BCUT2D eigenvalue weighted by Gasteiger charge is 2.21. The number of rotatable bonds is 5. The molecule has 0 heterocycles. The molecule has 112 valence electrons. The van der Waals surface area contributed by atoms with Crippen molar-refractivity contribution in [2.45, 2.75) is 16.4 Å². The Balaban J connectivity index is 1.95. The Morgan fingerprint density at radius 1 is 0.545 bits per heavy atom. The molecule has 3 rings (SSSR count). The van der Waals surface area contributed by atoms with E-state index in [4.69, 9.17) is 0 Å². The lowest BCUT2D eigenvalue weighted by atomic mass is 10.2. The van der Waals surface area contributed by atoms with Gasteiger partial charge in [0.25, 0.3) is 0 Å². The Bertz CT molecular complexity index is 648. The average Bonchev–Trinajstić information content (AvgIpc) is 2.57. The maximum Gasteiger partial charge on any atom is 0.00640 e. The largest absolute Gasteiger partial charge is 0.209 e. The first-order valence-electron chi connectivity index (χ1n) is 7.63. The van der Waals surface area contributed by atoms with Gasteiger partial charge in [-0.3, -0.25) is 0 Å². The van der Waals surface area contributed by atoms with E-state index in [0.29, 0.717) is 0 Å². The summed E-state index contributed by atoms with van der Waals surface area (Å²) < 4.78 is 0. The summed E-state index contributed by atoms with van der Waals surface area (Å²) in [6.45, 7) is 0. The normalized spacial score (nSPS) is 12.0. The molecule has 0 unspecified atom stereocenters. The van der Waals surface area contributed by atoms with Crippen molar-refractivity contribution in [3.8, 4) is 0 Å². The van der Waals surface area contributed by atoms with E-state index in [1.165, 1.54) is 16.0 Å². The van der Waals surface area contributed by atoms with Crippen LogP contribution in [0, 0.1) is 0 Å². The van der Waals surface area contributed by atoms with Crippen molar-refractivity contribution in [3.63, 3.8) is 0 Å². The molecule has 0 aliphatic carbocycles. The van der Waals surface area contributed by atoms with Crippen LogP contribution in [0.4, 0.5) is 0 Å². The molecule has 0 radical (unpaired) electrons. The molecule has 0 aromatic heterocycles. The smallest absolute Gasteiger partial charge is 0.00640 e. The quantitative estimate of drug-likeness (QED) is 0.552. The molecule has 0 spiro atoms. The predicted molar refractivity (Wildman–Crippen MR) is 98.5 cm³/mol. The first-order valence-corrected chi connectivity index (χ1v) is 10.0. The highest BCUT2D eigenvalue weighted by atomic mass is 32.3. The van der Waals surface area contributed by atoms with Crippen molar-refractivity contribution in [2.24, 2.45) is 0 Å². The Morgan fingerprint density at radius 2 is 0.909 bits per heavy atom. The van der Waals surface area contributed by atoms with E-state index >= 15 is 0 Å². The standard InChI is InChI=1S/C21H22S/c1-22(21-15-9-4-10-16-21,17-19-11-5-2-6-12-19)18-20-13-7-3-8-14-20/h2-16H,17-18H2,1H3. The fraction of sp³-hybridized carbons (Fsp3) is 0.143. The minimum Gasteiger partial charge on any atom is -0.209 e. The molecule has 0 aliphatic heterocycles. The lowest BCUT2D eigenvalue weighted by Gasteiger charge is -2.37. The van der Waals surface area contributed by atoms with Gasteiger partial charge in [-0.2, -0.15) is 0 Å². The van der Waals surface area contributed by atoms with E-state index < -0.39 is 10.0 Å². The third-order valence-electron chi connectivity index (χ3n) is 3.97. The second-order valence-corrected chi connectivity index (χ2v) is 9.44. The van der Waals surface area contributed by atoms with Gasteiger partial charge in [0.15, 0.2) is 0 Å². The van der Waals surface area contributed by atoms with Crippen molar-refractivity contribution in [1.82, 2.24) is 0 Å². The highest BCUT2D eigenvalue weighted by molar-refractivity contribution is 8.31. The molecule has 0 fully saturated rings. The minimum absolute atomic E-state index is 0.924. The van der Waals surface area contributed by atoms with E-state index in [1.54, 1.807) is 0 Å². The van der Waals surface area contributed by atoms with Crippen molar-refractivity contribution < 1.29 is 0 Å². The van der Waals surface area contributed by atoms with Crippen LogP contribution in [0.1, 0.15) is 11.1 Å². The summed E-state index contributed by atoms with van der Waals surface area (Å²) in [5, 5.41) is 0. The molecule has 3 aromatic rings. The fourth-order valence-corrected chi connectivity index (χ4v) is 5.96. The summed E-state index contributed by atoms with van der Waals surface area (Å²) in [7, 11) is -0.924. The van der Waals surface area contributed by atoms with Crippen LogP contribution in [0.15, 0.2) is 95.9 Å². The topological polar surface area (TPSA) is 0 Å². The Morgan fingerprint density at radius 3 is 1.32 bits per heavy atom. The molecule has 0 N–H and O–H groups in total. The van der Waals surface area contributed by atoms with Crippen molar-refractivity contribution in [2.75, 3.05) is 6.26 Å². The van der Waals surface area contributed by atoms with Crippen LogP contribution in [-0.4, -0.2) is 6.26 Å². The van der Waals surface area contributed by atoms with Crippen molar-refractivity contribution >= 4 is 10.0 Å². The van der Waals surface area contributed by atoms with Gasteiger partial charge in [0.2, 0.25) is 0 Å². The van der Waals surface area contributed by atoms with Gasteiger partial charge >= 0.3 is 0 Å². The molecule has 0 aliphatic rings. The third kappa shape index (κ3) is 3.61. The van der Waals surface area contributed by atoms with Crippen molar-refractivity contribution in [1.29, 1.82) is 0 Å². The van der Waals surface area contributed by atoms with Crippen LogP contribution < -0.4 is 0 Å². The fourth-order valence-electron chi connectivity index (χ4n) is 2.85. The summed E-state index contributed by atoms with van der Waals surface area (Å²) in [5.74, 6) is 2.26. The predicted octanol–water partition coefficient (Wildman–Crippen LogP) is 5.88. The van der Waals surface area contributed by atoms with Gasteiger partial charge in [-0.25, -0.2) is 10.0 Å². The summed E-state index contributed by atoms with van der Waals surface area (Å²) in [6, 6.07) is 32.8. The maximum atomic E-state index is 2.46. The van der Waals surface area contributed by atoms with Crippen LogP contribution in [-0.2, 0) is 11.5 Å². The van der Waals surface area contributed by atoms with Gasteiger partial charge in [0, 0.05) is 11.5 Å². The van der Waals surface area contributed by atoms with Gasteiger partial charge in [-0.1, -0.05) is 91.0 Å². The highest BCUT2D eigenvalue weighted by Crippen LogP contribution is 2.57. The third-order valence-corrected chi connectivity index (χ3v) is 7.32. The lowest BCUT2D eigenvalue weighted by molar-refractivity contribution is 1.27. The number of benzene rings is 3. The number of hydrogen-bond acceptors (Lipinski definition) is 0. The van der Waals surface area contributed by atoms with E-state index in [2.05, 4.69) is 97.3 Å². The van der Waals surface area contributed by atoms with Gasteiger partial charge in [0.1, 0.15) is 0 Å². The molecule has 0 atom stereocenters. The van der Waals surface area contributed by atoms with Crippen LogP contribution in [0.25, 0.3) is 0 Å². The van der Waals surface area contributed by atoms with E-state index in [-0.39, 0.29) is 0 Å². The first kappa shape index (κ1) is 14.9. The molecule has 0 saturated heterocycles. The van der Waals surface area contributed by atoms with Crippen LogP contribution in [0.2, 0.25) is 0 Å². The molecule has 0 saturated carbocycles. The second-order valence-electron chi connectivity index (χ2n) is 5.85. The lowest BCUT2D eigenvalue weighted by Crippen LogP contribution is -2.06. The van der Waals surface area contributed by atoms with Gasteiger partial charge < -0.3 is 0 Å². The summed E-state index contributed by atoms with van der Waals surface area (Å²) in [4.78, 5) is 1.49. The zero-order chi connectivity index (χ0) is 15.3. The molecule has 0 bridgehead atoms. The van der Waals surface area contributed by atoms with Gasteiger partial charge in [-0.15, -0.1) is 0 Å². The molecule has 22 heavy (non-hydrogen) atoms. The zero-order valence-corrected chi connectivity index (χ0v) is 13.8. The Hall–Kier alpha value is -1.99. The Kier molecular flexibility index (Phi) is 4.65. The summed E-state index contributed by atoms with van der Waals surface area (Å²) in [5.41, 5.74) is 2.86. The zero-order valence-electron chi connectivity index (χ0n) is 13.0. The molecular weight excluding hydrogens is 284 g/mol. The SMILES string of the molecule is CS(Cc1ccccc1)(Cc1ccccc1)c1ccccc1. The van der Waals surface area contributed by atoms with Gasteiger partial charge in [-0.05, 0) is 22.3 Å². The minimum atomic E-state index is -0.924. The number of hydrogen-bond donors (Lipinski definition) is 0. The van der Waals surface area contributed by atoms with E-state index in [0.717, 1.165) is 11.5 Å². The first-order chi connectivity index (χ1) is 10.8. The van der Waals surface area contributed by atoms with Gasteiger partial charge in [0.05, 0.1) is 0 Å². The monoisotopic (exact) mass is 306 g/mol. The van der Waals surface area contributed by atoms with Crippen molar-refractivity contribution in [3.05, 3.63) is 102 Å². The van der Waals surface area contributed by atoms with Crippen LogP contribution >= 0.6 is 10.0 Å². The average molecular weight is 306 g/mol. The van der Waals surface area contributed by atoms with Crippen LogP contribution in [0.5, 0.6) is 0 Å². The summed E-state index contributed by atoms with van der Waals surface area (Å²) in [6.07, 6.45) is 2.46. The Labute approximate surface area is 135 Å². The molecule has 3 aromatic carbocycles. The molecule has 0 amide bonds. The maximum absolute atomic E-state index is 2.46. The second kappa shape index (κ2) is 6.85. The molecule has 0 nitrogen and oxygen atoms in total. The molecular formula is C21H22S. The van der Waals surface area contributed by atoms with E-state index in [1.807, 2.05) is 0 Å². The molecule has 1 heteroatoms. The van der Waals surface area contributed by atoms with Crippen LogP contribution in [0.3, 0.4) is 0 Å². The van der Waals surface area contributed by atoms with E-state index in [9.17, 15) is 0 Å².